The molecule has 9 heteroatoms. The van der Waals surface area contributed by atoms with Crippen molar-refractivity contribution in [3.8, 4) is 0 Å². The van der Waals surface area contributed by atoms with Crippen molar-refractivity contribution in [3.63, 3.8) is 0 Å². The van der Waals surface area contributed by atoms with Crippen molar-refractivity contribution in [2.75, 3.05) is 16.8 Å². The number of nitrogens with zero attached hydrogens (tertiary/aromatic N) is 1. The Labute approximate surface area is 178 Å². The van der Waals surface area contributed by atoms with E-state index in [9.17, 15) is 14.4 Å². The van der Waals surface area contributed by atoms with Gasteiger partial charge in [-0.25, -0.2) is 4.90 Å². The van der Waals surface area contributed by atoms with Gasteiger partial charge in [-0.05, 0) is 42.5 Å². The normalized spacial score (nSPS) is 16.7. The van der Waals surface area contributed by atoms with Crippen molar-refractivity contribution in [2.45, 2.75) is 11.7 Å². The molecule has 2 aromatic rings. The molecule has 1 fully saturated rings. The van der Waals surface area contributed by atoms with Crippen LogP contribution in [0, 0.1) is 0 Å². The van der Waals surface area contributed by atoms with Crippen LogP contribution in [0.4, 0.5) is 11.4 Å². The van der Waals surface area contributed by atoms with Crippen molar-refractivity contribution >= 4 is 79.2 Å². The number of halogens is 3. The fraction of sp³-hybridized carbons (Fsp3) is 0.167. The Morgan fingerprint density at radius 2 is 1.89 bits per heavy atom. The van der Waals surface area contributed by atoms with Crippen molar-refractivity contribution in [1.82, 2.24) is 0 Å². The summed E-state index contributed by atoms with van der Waals surface area (Å²) in [5.74, 6) is -0.846. The molecule has 0 unspecified atom stereocenters. The molecule has 3 rings (SSSR count). The number of amides is 2. The molecule has 2 aromatic carbocycles. The number of hydrogen-bond acceptors (Lipinski definition) is 5. The highest BCUT2D eigenvalue weighted by atomic mass is 79.9. The molecule has 0 aliphatic carbocycles. The molecule has 27 heavy (non-hydrogen) atoms. The summed E-state index contributed by atoms with van der Waals surface area (Å²) in [5.41, 5.74) is 1.06. The molecule has 0 spiro atoms. The average molecular weight is 488 g/mol. The fourth-order valence-electron chi connectivity index (χ4n) is 2.55. The molecule has 1 N–H and O–H groups in total. The molecule has 0 bridgehead atoms. The first-order valence-electron chi connectivity index (χ1n) is 7.86. The molecule has 1 aliphatic heterocycles. The Hall–Kier alpha value is -1.54. The first-order valence-corrected chi connectivity index (χ1v) is 10.3. The second-order valence-electron chi connectivity index (χ2n) is 5.71. The maximum Gasteiger partial charge on any atom is 0.247 e. The molecule has 5 nitrogen and oxygen atoms in total. The summed E-state index contributed by atoms with van der Waals surface area (Å²) >= 11 is 16.2. The quantitative estimate of drug-likeness (QED) is 0.616. The Bertz CT molecular complexity index is 908. The first kappa shape index (κ1) is 20.2. The van der Waals surface area contributed by atoms with Crippen LogP contribution in [0.5, 0.6) is 0 Å². The zero-order chi connectivity index (χ0) is 19.6. The molecular weight excluding hydrogens is 475 g/mol. The summed E-state index contributed by atoms with van der Waals surface area (Å²) in [6, 6.07) is 11.9. The minimum absolute atomic E-state index is 0.0476. The second kappa shape index (κ2) is 8.65. The number of carbonyl (C=O) groups excluding carboxylic acids is 3. The van der Waals surface area contributed by atoms with Gasteiger partial charge < -0.3 is 5.32 Å². The smallest absolute Gasteiger partial charge is 0.247 e. The Morgan fingerprint density at radius 1 is 1.19 bits per heavy atom. The van der Waals surface area contributed by atoms with E-state index in [0.29, 0.717) is 5.02 Å². The zero-order valence-electron chi connectivity index (χ0n) is 13.7. The first-order chi connectivity index (χ1) is 12.8. The maximum atomic E-state index is 12.6. The lowest BCUT2D eigenvalue weighted by atomic mass is 10.3. The van der Waals surface area contributed by atoms with Crippen LogP contribution in [0.15, 0.2) is 46.9 Å². The van der Waals surface area contributed by atoms with Crippen molar-refractivity contribution in [1.29, 1.82) is 0 Å². The molecular formula is C18H13BrCl2N2O3S. The molecule has 1 saturated heterocycles. The molecule has 140 valence electrons. The molecule has 2 amide bonds. The van der Waals surface area contributed by atoms with E-state index in [-0.39, 0.29) is 28.8 Å². The predicted molar refractivity (Wildman–Crippen MR) is 113 cm³/mol. The van der Waals surface area contributed by atoms with E-state index in [1.165, 1.54) is 12.1 Å². The molecule has 0 aromatic heterocycles. The third-order valence-corrected chi connectivity index (χ3v) is 5.94. The van der Waals surface area contributed by atoms with Crippen LogP contribution in [0.25, 0.3) is 0 Å². The van der Waals surface area contributed by atoms with E-state index in [2.05, 4.69) is 21.2 Å². The minimum atomic E-state index is -0.761. The maximum absolute atomic E-state index is 12.6. The summed E-state index contributed by atoms with van der Waals surface area (Å²) in [5, 5.41) is 2.62. The summed E-state index contributed by atoms with van der Waals surface area (Å²) in [6.07, 6.45) is -0.0491. The van der Waals surface area contributed by atoms with E-state index in [0.717, 1.165) is 26.8 Å². The van der Waals surface area contributed by atoms with Gasteiger partial charge in [-0.1, -0.05) is 50.9 Å². The van der Waals surface area contributed by atoms with E-state index >= 15 is 0 Å². The zero-order valence-corrected chi connectivity index (χ0v) is 17.7. The lowest BCUT2D eigenvalue weighted by molar-refractivity contribution is -0.121. The van der Waals surface area contributed by atoms with Crippen LogP contribution in [0.3, 0.4) is 0 Å². The Balaban J connectivity index is 1.62. The van der Waals surface area contributed by atoms with Crippen LogP contribution in [-0.2, 0) is 14.4 Å². The van der Waals surface area contributed by atoms with Crippen LogP contribution >= 0.6 is 50.9 Å². The van der Waals surface area contributed by atoms with Crippen LogP contribution < -0.4 is 10.2 Å². The number of rotatable bonds is 5. The van der Waals surface area contributed by atoms with Gasteiger partial charge in [0.25, 0.3) is 0 Å². The lowest BCUT2D eigenvalue weighted by Gasteiger charge is -2.16. The summed E-state index contributed by atoms with van der Waals surface area (Å²) in [4.78, 5) is 38.1. The Morgan fingerprint density at radius 3 is 2.56 bits per heavy atom. The molecule has 0 saturated carbocycles. The SMILES string of the molecule is O=C(CNc1ccc(Br)cc1)S[C@H]1CC(=O)N(c2ccc(Cl)cc2Cl)C1=O. The van der Waals surface area contributed by atoms with Gasteiger partial charge >= 0.3 is 0 Å². The number of hydrogen-bond donors (Lipinski definition) is 1. The Kier molecular flexibility index (Phi) is 6.47. The van der Waals surface area contributed by atoms with Gasteiger partial charge in [-0.15, -0.1) is 0 Å². The lowest BCUT2D eigenvalue weighted by Crippen LogP contribution is -2.31. The van der Waals surface area contributed by atoms with Crippen molar-refractivity contribution in [3.05, 3.63) is 57.0 Å². The van der Waals surface area contributed by atoms with E-state index in [1.807, 2.05) is 24.3 Å². The topological polar surface area (TPSA) is 66.5 Å². The fourth-order valence-corrected chi connectivity index (χ4v) is 4.22. The highest BCUT2D eigenvalue weighted by molar-refractivity contribution is 9.10. The van der Waals surface area contributed by atoms with E-state index in [1.54, 1.807) is 6.07 Å². The number of imide groups is 1. The summed E-state index contributed by atoms with van der Waals surface area (Å²) < 4.78 is 0.935. The number of carbonyl (C=O) groups is 3. The van der Waals surface area contributed by atoms with Gasteiger partial charge in [0, 0.05) is 21.6 Å². The van der Waals surface area contributed by atoms with Crippen molar-refractivity contribution < 1.29 is 14.4 Å². The van der Waals surface area contributed by atoms with Crippen LogP contribution in [0.1, 0.15) is 6.42 Å². The van der Waals surface area contributed by atoms with Crippen LogP contribution in [0.2, 0.25) is 10.0 Å². The van der Waals surface area contributed by atoms with Crippen LogP contribution in [-0.4, -0.2) is 28.7 Å². The molecule has 1 heterocycles. The van der Waals surface area contributed by atoms with Gasteiger partial charge in [-0.3, -0.25) is 14.4 Å². The third kappa shape index (κ3) is 4.85. The monoisotopic (exact) mass is 486 g/mol. The molecule has 0 radical (unpaired) electrons. The van der Waals surface area contributed by atoms with Gasteiger partial charge in [0.2, 0.25) is 16.9 Å². The predicted octanol–water partition coefficient (Wildman–Crippen LogP) is 4.76. The molecule has 1 atom stereocenters. The van der Waals surface area contributed by atoms with Gasteiger partial charge in [-0.2, -0.15) is 0 Å². The number of nitrogens with one attached hydrogen (secondary N) is 1. The third-order valence-electron chi connectivity index (χ3n) is 3.81. The van der Waals surface area contributed by atoms with Crippen molar-refractivity contribution in [2.24, 2.45) is 0 Å². The minimum Gasteiger partial charge on any atom is -0.377 e. The summed E-state index contributed by atoms with van der Waals surface area (Å²) in [7, 11) is 0. The van der Waals surface area contributed by atoms with E-state index in [4.69, 9.17) is 23.2 Å². The largest absolute Gasteiger partial charge is 0.377 e. The van der Waals surface area contributed by atoms with Gasteiger partial charge in [0.15, 0.2) is 0 Å². The second-order valence-corrected chi connectivity index (χ2v) is 8.73. The highest BCUT2D eigenvalue weighted by Crippen LogP contribution is 2.35. The number of anilines is 2. The standard InChI is InChI=1S/C18H13BrCl2N2O3S/c19-10-1-4-12(5-2-10)22-9-17(25)27-15-8-16(24)23(18(15)26)14-6-3-11(20)7-13(14)21/h1-7,15,22H,8-9H2/t15-/m0/s1. The molecule has 1 aliphatic rings. The van der Waals surface area contributed by atoms with Gasteiger partial charge in [0.1, 0.15) is 5.25 Å². The number of benzene rings is 2. The highest BCUT2D eigenvalue weighted by Gasteiger charge is 2.41. The average Bonchev–Trinajstić information content (AvgIpc) is 2.88. The van der Waals surface area contributed by atoms with E-state index < -0.39 is 17.1 Å². The number of thioether (sulfide) groups is 1. The van der Waals surface area contributed by atoms with Gasteiger partial charge in [0.05, 0.1) is 17.3 Å². The summed E-state index contributed by atoms with van der Waals surface area (Å²) in [6.45, 7) is 0.0476.